The third kappa shape index (κ3) is 2.95. The second kappa shape index (κ2) is 4.72. The van der Waals surface area contributed by atoms with E-state index in [0.717, 1.165) is 19.5 Å². The molecule has 16 heavy (non-hydrogen) atoms. The van der Waals surface area contributed by atoms with Crippen LogP contribution in [0.1, 0.15) is 32.1 Å². The number of ether oxygens (including phenoxy) is 1. The van der Waals surface area contributed by atoms with E-state index in [4.69, 9.17) is 15.9 Å². The molecule has 2 aliphatic rings. The van der Waals surface area contributed by atoms with E-state index in [-0.39, 0.29) is 0 Å². The van der Waals surface area contributed by atoms with E-state index >= 15 is 0 Å². The summed E-state index contributed by atoms with van der Waals surface area (Å²) in [6.45, 7) is 3.34. The lowest BCUT2D eigenvalue weighted by Gasteiger charge is -2.34. The van der Waals surface area contributed by atoms with Gasteiger partial charge in [-0.05, 0) is 37.6 Å². The van der Waals surface area contributed by atoms with Crippen molar-refractivity contribution in [2.75, 3.05) is 26.7 Å². The van der Waals surface area contributed by atoms with Gasteiger partial charge in [0.2, 0.25) is 0 Å². The first-order valence-electron chi connectivity index (χ1n) is 6.22. The summed E-state index contributed by atoms with van der Waals surface area (Å²) in [5.41, 5.74) is 5.85. The standard InChI is InChI=1S/C12H23N3O/c1-16-10-3-2-6-15(8-10)9-12(4-5-12)7-11(13)14/h10H,2-9H2,1H3,(H3,13,14). The van der Waals surface area contributed by atoms with E-state index in [0.29, 0.717) is 17.4 Å². The third-order valence-corrected chi connectivity index (χ3v) is 3.88. The minimum Gasteiger partial charge on any atom is -0.388 e. The first-order valence-corrected chi connectivity index (χ1v) is 6.22. The van der Waals surface area contributed by atoms with Gasteiger partial charge in [-0.1, -0.05) is 0 Å². The molecule has 1 aliphatic carbocycles. The van der Waals surface area contributed by atoms with Crippen LogP contribution in [0.5, 0.6) is 0 Å². The SMILES string of the molecule is COC1CCCN(CC2(CC(=N)N)CC2)C1. The molecule has 0 radical (unpaired) electrons. The molecule has 2 rings (SSSR count). The van der Waals surface area contributed by atoms with Crippen LogP contribution < -0.4 is 5.73 Å². The normalized spacial score (nSPS) is 28.9. The summed E-state index contributed by atoms with van der Waals surface area (Å²) in [7, 11) is 1.80. The predicted molar refractivity (Wildman–Crippen MR) is 64.7 cm³/mol. The van der Waals surface area contributed by atoms with Gasteiger partial charge in [-0.15, -0.1) is 0 Å². The Labute approximate surface area is 97.6 Å². The number of amidine groups is 1. The topological polar surface area (TPSA) is 62.3 Å². The van der Waals surface area contributed by atoms with E-state index in [1.807, 2.05) is 0 Å². The highest BCUT2D eigenvalue weighted by molar-refractivity contribution is 5.78. The fourth-order valence-electron chi connectivity index (χ4n) is 2.80. The number of likely N-dealkylation sites (tertiary alicyclic amines) is 1. The Bertz CT molecular complexity index is 263. The molecule has 1 saturated carbocycles. The van der Waals surface area contributed by atoms with Crippen molar-refractivity contribution in [3.63, 3.8) is 0 Å². The summed E-state index contributed by atoms with van der Waals surface area (Å²) >= 11 is 0. The largest absolute Gasteiger partial charge is 0.388 e. The molecule has 4 heteroatoms. The quantitative estimate of drug-likeness (QED) is 0.546. The predicted octanol–water partition coefficient (Wildman–Crippen LogP) is 1.20. The smallest absolute Gasteiger partial charge is 0.0911 e. The number of rotatable bonds is 5. The minimum atomic E-state index is 0.335. The van der Waals surface area contributed by atoms with Gasteiger partial charge >= 0.3 is 0 Å². The molecular weight excluding hydrogens is 202 g/mol. The average molecular weight is 225 g/mol. The number of methoxy groups -OCH3 is 1. The van der Waals surface area contributed by atoms with E-state index in [9.17, 15) is 0 Å². The lowest BCUT2D eigenvalue weighted by atomic mass is 9.99. The molecular formula is C12H23N3O. The zero-order valence-electron chi connectivity index (χ0n) is 10.2. The maximum absolute atomic E-state index is 7.42. The number of nitrogens with zero attached hydrogens (tertiary/aromatic N) is 1. The molecule has 0 aromatic carbocycles. The Morgan fingerprint density at radius 2 is 2.31 bits per heavy atom. The number of nitrogens with two attached hydrogens (primary N) is 1. The van der Waals surface area contributed by atoms with Crippen LogP contribution in [0.4, 0.5) is 0 Å². The van der Waals surface area contributed by atoms with Crippen LogP contribution >= 0.6 is 0 Å². The van der Waals surface area contributed by atoms with Gasteiger partial charge in [0, 0.05) is 26.6 Å². The molecule has 2 fully saturated rings. The maximum atomic E-state index is 7.42. The molecule has 0 amide bonds. The Morgan fingerprint density at radius 1 is 1.56 bits per heavy atom. The zero-order valence-corrected chi connectivity index (χ0v) is 10.2. The maximum Gasteiger partial charge on any atom is 0.0911 e. The van der Waals surface area contributed by atoms with Crippen molar-refractivity contribution in [3.8, 4) is 0 Å². The molecule has 92 valence electrons. The molecule has 1 aliphatic heterocycles. The molecule has 0 spiro atoms. The van der Waals surface area contributed by atoms with Crippen LogP contribution in [0.25, 0.3) is 0 Å². The van der Waals surface area contributed by atoms with Crippen molar-refractivity contribution in [2.24, 2.45) is 11.1 Å². The molecule has 0 aromatic rings. The first-order chi connectivity index (χ1) is 7.63. The molecule has 0 aromatic heterocycles. The summed E-state index contributed by atoms with van der Waals surface area (Å²) in [4.78, 5) is 2.49. The van der Waals surface area contributed by atoms with Gasteiger partial charge in [0.1, 0.15) is 0 Å². The van der Waals surface area contributed by atoms with Gasteiger partial charge in [-0.25, -0.2) is 0 Å². The van der Waals surface area contributed by atoms with Crippen molar-refractivity contribution in [3.05, 3.63) is 0 Å². The van der Waals surface area contributed by atoms with E-state index in [1.54, 1.807) is 7.11 Å². The molecule has 0 bridgehead atoms. The number of hydrogen-bond donors (Lipinski definition) is 2. The van der Waals surface area contributed by atoms with Crippen molar-refractivity contribution < 1.29 is 4.74 Å². The fraction of sp³-hybridized carbons (Fsp3) is 0.917. The summed E-state index contributed by atoms with van der Waals surface area (Å²) in [5, 5.41) is 7.42. The minimum absolute atomic E-state index is 0.335. The Morgan fingerprint density at radius 3 is 2.88 bits per heavy atom. The van der Waals surface area contributed by atoms with Gasteiger partial charge < -0.3 is 15.4 Å². The van der Waals surface area contributed by atoms with E-state index in [1.165, 1.54) is 32.2 Å². The van der Waals surface area contributed by atoms with Gasteiger partial charge in [-0.3, -0.25) is 5.41 Å². The Hall–Kier alpha value is -0.610. The molecule has 4 nitrogen and oxygen atoms in total. The summed E-state index contributed by atoms with van der Waals surface area (Å²) in [6, 6.07) is 0. The lowest BCUT2D eigenvalue weighted by molar-refractivity contribution is 0.0245. The molecule has 1 heterocycles. The van der Waals surface area contributed by atoms with Gasteiger partial charge in [-0.2, -0.15) is 0 Å². The fourth-order valence-corrected chi connectivity index (χ4v) is 2.80. The highest BCUT2D eigenvalue weighted by atomic mass is 16.5. The Kier molecular flexibility index (Phi) is 3.50. The number of hydrogen-bond acceptors (Lipinski definition) is 3. The van der Waals surface area contributed by atoms with E-state index in [2.05, 4.69) is 4.90 Å². The van der Waals surface area contributed by atoms with Crippen molar-refractivity contribution >= 4 is 5.84 Å². The van der Waals surface area contributed by atoms with Crippen LogP contribution in [0.15, 0.2) is 0 Å². The molecule has 3 N–H and O–H groups in total. The van der Waals surface area contributed by atoms with Gasteiger partial charge in [0.05, 0.1) is 11.9 Å². The van der Waals surface area contributed by atoms with Crippen LogP contribution in [0, 0.1) is 10.8 Å². The summed E-state index contributed by atoms with van der Waals surface area (Å²) < 4.78 is 5.43. The number of nitrogens with one attached hydrogen (secondary N) is 1. The van der Waals surface area contributed by atoms with Crippen molar-refractivity contribution in [1.29, 1.82) is 5.41 Å². The number of piperidine rings is 1. The van der Waals surface area contributed by atoms with Crippen LogP contribution in [-0.4, -0.2) is 43.6 Å². The van der Waals surface area contributed by atoms with Gasteiger partial charge in [0.15, 0.2) is 0 Å². The molecule has 1 saturated heterocycles. The highest BCUT2D eigenvalue weighted by Gasteiger charge is 2.44. The monoisotopic (exact) mass is 225 g/mol. The van der Waals surface area contributed by atoms with Gasteiger partial charge in [0.25, 0.3) is 0 Å². The zero-order chi connectivity index (χ0) is 11.6. The van der Waals surface area contributed by atoms with Crippen molar-refractivity contribution in [1.82, 2.24) is 4.90 Å². The average Bonchev–Trinajstić information content (AvgIpc) is 2.97. The first kappa shape index (κ1) is 11.9. The Balaban J connectivity index is 1.82. The summed E-state index contributed by atoms with van der Waals surface area (Å²) in [6.07, 6.45) is 6.08. The van der Waals surface area contributed by atoms with Crippen LogP contribution in [0.3, 0.4) is 0 Å². The van der Waals surface area contributed by atoms with Crippen LogP contribution in [-0.2, 0) is 4.74 Å². The highest BCUT2D eigenvalue weighted by Crippen LogP contribution is 2.49. The third-order valence-electron chi connectivity index (χ3n) is 3.88. The second-order valence-corrected chi connectivity index (χ2v) is 5.44. The molecule has 1 unspecified atom stereocenters. The van der Waals surface area contributed by atoms with Crippen LogP contribution in [0.2, 0.25) is 0 Å². The van der Waals surface area contributed by atoms with Crippen molar-refractivity contribution in [2.45, 2.75) is 38.2 Å². The second-order valence-electron chi connectivity index (χ2n) is 5.44. The summed E-state index contributed by atoms with van der Waals surface area (Å²) in [5.74, 6) is 0.345. The lowest BCUT2D eigenvalue weighted by Crippen LogP contribution is -2.42. The van der Waals surface area contributed by atoms with E-state index < -0.39 is 0 Å². The molecule has 1 atom stereocenters.